The lowest BCUT2D eigenvalue weighted by Crippen LogP contribution is -2.54. The quantitative estimate of drug-likeness (QED) is 0.766. The number of para-hydroxylation sites is 1. The summed E-state index contributed by atoms with van der Waals surface area (Å²) in [6, 6.07) is 9.91. The molecule has 1 aromatic carbocycles. The van der Waals surface area contributed by atoms with Crippen LogP contribution in [0, 0.1) is 0 Å². The number of pyridine rings is 1. The maximum atomic E-state index is 5.43. The third kappa shape index (κ3) is 2.10. The molecule has 1 heterocycles. The van der Waals surface area contributed by atoms with Crippen LogP contribution in [0.25, 0.3) is 10.9 Å². The molecule has 0 fully saturated rings. The summed E-state index contributed by atoms with van der Waals surface area (Å²) >= 11 is 0. The number of hydrogen-bond donors (Lipinski definition) is 0. The molecule has 2 rings (SSSR count). The van der Waals surface area contributed by atoms with Crippen LogP contribution in [0.1, 0.15) is 0 Å². The molecule has 0 unspecified atom stereocenters. The highest BCUT2D eigenvalue weighted by Crippen LogP contribution is 2.12. The van der Waals surface area contributed by atoms with Gasteiger partial charge in [-0.1, -0.05) is 18.2 Å². The van der Waals surface area contributed by atoms with Gasteiger partial charge in [-0.05, 0) is 12.1 Å². The van der Waals surface area contributed by atoms with Gasteiger partial charge in [0.15, 0.2) is 0 Å². The van der Waals surface area contributed by atoms with Crippen LogP contribution < -0.4 is 5.19 Å². The van der Waals surface area contributed by atoms with E-state index in [0.717, 1.165) is 16.1 Å². The van der Waals surface area contributed by atoms with Gasteiger partial charge in [0, 0.05) is 38.1 Å². The Balaban J connectivity index is 2.55. The zero-order valence-corrected chi connectivity index (χ0v) is 11.1. The Hall–Kier alpha value is -1.27. The first-order chi connectivity index (χ1) is 8.25. The first-order valence-corrected chi connectivity index (χ1v) is 6.99. The largest absolute Gasteiger partial charge is 0.538 e. The third-order valence-electron chi connectivity index (χ3n) is 2.75. The Labute approximate surface area is 102 Å². The van der Waals surface area contributed by atoms with Crippen LogP contribution in [0.5, 0.6) is 0 Å². The second kappa shape index (κ2) is 4.93. The second-order valence-electron chi connectivity index (χ2n) is 3.59. The van der Waals surface area contributed by atoms with Gasteiger partial charge in [0.2, 0.25) is 0 Å². The molecule has 5 heteroatoms. The second-order valence-corrected chi connectivity index (χ2v) is 6.50. The van der Waals surface area contributed by atoms with Crippen molar-refractivity contribution in [3.8, 4) is 0 Å². The number of aromatic nitrogens is 1. The van der Waals surface area contributed by atoms with Crippen molar-refractivity contribution in [2.24, 2.45) is 0 Å². The van der Waals surface area contributed by atoms with Crippen molar-refractivity contribution < 1.29 is 13.3 Å². The highest BCUT2D eigenvalue weighted by atomic mass is 28.4. The molecule has 0 radical (unpaired) electrons. The average molecular weight is 249 g/mol. The van der Waals surface area contributed by atoms with E-state index in [-0.39, 0.29) is 0 Å². The van der Waals surface area contributed by atoms with Crippen molar-refractivity contribution in [2.75, 3.05) is 21.3 Å². The summed E-state index contributed by atoms with van der Waals surface area (Å²) in [6.45, 7) is 0. The Morgan fingerprint density at radius 3 is 2.29 bits per heavy atom. The maximum absolute atomic E-state index is 5.43. The molecule has 0 N–H and O–H groups in total. The number of benzene rings is 1. The van der Waals surface area contributed by atoms with Gasteiger partial charge in [0.25, 0.3) is 0 Å². The lowest BCUT2D eigenvalue weighted by molar-refractivity contribution is 0.140. The Kier molecular flexibility index (Phi) is 3.53. The zero-order chi connectivity index (χ0) is 12.3. The van der Waals surface area contributed by atoms with E-state index in [4.69, 9.17) is 13.3 Å². The summed E-state index contributed by atoms with van der Waals surface area (Å²) in [4.78, 5) is 4.39. The highest BCUT2D eigenvalue weighted by molar-refractivity contribution is 6.75. The lowest BCUT2D eigenvalue weighted by Gasteiger charge is -2.24. The Morgan fingerprint density at radius 1 is 1.00 bits per heavy atom. The molecule has 0 spiro atoms. The van der Waals surface area contributed by atoms with Crippen LogP contribution in [0.2, 0.25) is 0 Å². The molecule has 0 amide bonds. The van der Waals surface area contributed by atoms with Gasteiger partial charge < -0.3 is 13.3 Å². The number of nitrogens with zero attached hydrogens (tertiary/aromatic N) is 1. The summed E-state index contributed by atoms with van der Waals surface area (Å²) in [6.07, 6.45) is 1.76. The van der Waals surface area contributed by atoms with E-state index in [0.29, 0.717) is 0 Å². The molecule has 0 atom stereocenters. The Morgan fingerprint density at radius 2 is 1.65 bits per heavy atom. The van der Waals surface area contributed by atoms with Gasteiger partial charge in [-0.25, -0.2) is 0 Å². The fourth-order valence-electron chi connectivity index (χ4n) is 1.84. The van der Waals surface area contributed by atoms with E-state index >= 15 is 0 Å². The van der Waals surface area contributed by atoms with Crippen LogP contribution in [-0.4, -0.2) is 35.1 Å². The summed E-state index contributed by atoms with van der Waals surface area (Å²) in [7, 11) is 2.00. The Bertz CT molecular complexity index is 506. The molecule has 90 valence electrons. The fraction of sp³-hybridized carbons (Fsp3) is 0.250. The highest BCUT2D eigenvalue weighted by Gasteiger charge is 2.41. The van der Waals surface area contributed by atoms with Crippen molar-refractivity contribution in [3.05, 3.63) is 36.5 Å². The summed E-state index contributed by atoms with van der Waals surface area (Å²) in [5.41, 5.74) is 0.947. The minimum atomic E-state index is -2.77. The van der Waals surface area contributed by atoms with Crippen LogP contribution >= 0.6 is 0 Å². The summed E-state index contributed by atoms with van der Waals surface area (Å²) in [5.74, 6) is 0. The van der Waals surface area contributed by atoms with E-state index in [2.05, 4.69) is 4.98 Å². The lowest BCUT2D eigenvalue weighted by atomic mass is 10.2. The average Bonchev–Trinajstić information content (AvgIpc) is 2.41. The zero-order valence-electron chi connectivity index (χ0n) is 10.1. The molecule has 1 aromatic heterocycles. The third-order valence-corrected chi connectivity index (χ3v) is 5.34. The molecule has 0 aliphatic heterocycles. The van der Waals surface area contributed by atoms with Gasteiger partial charge in [0.05, 0.1) is 5.52 Å². The van der Waals surface area contributed by atoms with Crippen molar-refractivity contribution in [1.29, 1.82) is 0 Å². The molecule has 17 heavy (non-hydrogen) atoms. The van der Waals surface area contributed by atoms with E-state index in [9.17, 15) is 0 Å². The molecule has 0 bridgehead atoms. The van der Waals surface area contributed by atoms with Gasteiger partial charge >= 0.3 is 8.80 Å². The summed E-state index contributed by atoms with van der Waals surface area (Å²) in [5, 5.41) is 1.91. The van der Waals surface area contributed by atoms with Crippen LogP contribution in [-0.2, 0) is 13.3 Å². The first kappa shape index (κ1) is 12.2. The molecule has 4 nitrogen and oxygen atoms in total. The molecule has 0 aliphatic rings. The molecule has 2 aromatic rings. The van der Waals surface area contributed by atoms with E-state index in [1.165, 1.54) is 0 Å². The van der Waals surface area contributed by atoms with Crippen LogP contribution in [0.3, 0.4) is 0 Å². The number of rotatable bonds is 4. The van der Waals surface area contributed by atoms with Gasteiger partial charge in [-0.3, -0.25) is 4.98 Å². The van der Waals surface area contributed by atoms with Crippen molar-refractivity contribution >= 4 is 24.9 Å². The normalized spacial score (nSPS) is 11.9. The molecular weight excluding hydrogens is 234 g/mol. The SMILES string of the molecule is CO[Si](OC)(OC)c1cnc2ccccc2c1. The van der Waals surface area contributed by atoms with Crippen molar-refractivity contribution in [1.82, 2.24) is 4.98 Å². The minimum Gasteiger partial charge on any atom is -0.373 e. The van der Waals surface area contributed by atoms with E-state index in [1.807, 2.05) is 30.3 Å². The van der Waals surface area contributed by atoms with Gasteiger partial charge in [-0.2, -0.15) is 0 Å². The van der Waals surface area contributed by atoms with Gasteiger partial charge in [0.1, 0.15) is 0 Å². The maximum Gasteiger partial charge on any atom is 0.538 e. The molecular formula is C12H15NO3Si. The minimum absolute atomic E-state index is 0.865. The monoisotopic (exact) mass is 249 g/mol. The standard InChI is InChI=1S/C12H15NO3Si/c1-14-17(15-2,16-3)11-8-10-6-4-5-7-12(10)13-9-11/h4-9H,1-3H3. The number of fused-ring (bicyclic) bond motifs is 1. The molecule has 0 saturated heterocycles. The van der Waals surface area contributed by atoms with Gasteiger partial charge in [-0.15, -0.1) is 0 Å². The predicted molar refractivity (Wildman–Crippen MR) is 68.2 cm³/mol. The smallest absolute Gasteiger partial charge is 0.373 e. The van der Waals surface area contributed by atoms with E-state index in [1.54, 1.807) is 27.5 Å². The van der Waals surface area contributed by atoms with Crippen molar-refractivity contribution in [3.63, 3.8) is 0 Å². The number of hydrogen-bond acceptors (Lipinski definition) is 4. The first-order valence-electron chi connectivity index (χ1n) is 5.26. The summed E-state index contributed by atoms with van der Waals surface area (Å²) < 4.78 is 16.3. The van der Waals surface area contributed by atoms with Crippen molar-refractivity contribution in [2.45, 2.75) is 0 Å². The topological polar surface area (TPSA) is 40.6 Å². The predicted octanol–water partition coefficient (Wildman–Crippen LogP) is 1.32. The molecule has 0 aliphatic carbocycles. The molecule has 0 saturated carbocycles. The fourth-order valence-corrected chi connectivity index (χ4v) is 3.60. The van der Waals surface area contributed by atoms with Crippen LogP contribution in [0.4, 0.5) is 0 Å². The van der Waals surface area contributed by atoms with E-state index < -0.39 is 8.80 Å². The van der Waals surface area contributed by atoms with Crippen LogP contribution in [0.15, 0.2) is 36.5 Å².